The minimum absolute atomic E-state index is 0.0410. The number of fused-ring (bicyclic) bond motifs is 2. The monoisotopic (exact) mass is 312 g/mol. The highest BCUT2D eigenvalue weighted by atomic mass is 16.6. The molecular weight excluding hydrogens is 292 g/mol. The summed E-state index contributed by atoms with van der Waals surface area (Å²) in [5.74, 6) is -1.83. The van der Waals surface area contributed by atoms with E-state index >= 15 is 0 Å². The lowest BCUT2D eigenvalue weighted by Gasteiger charge is -2.47. The zero-order valence-corrected chi connectivity index (χ0v) is 12.4. The molecule has 7 nitrogen and oxygen atoms in total. The maximum absolute atomic E-state index is 12.2. The number of hydrogen-bond donors (Lipinski definition) is 4. The van der Waals surface area contributed by atoms with Crippen molar-refractivity contribution in [1.82, 2.24) is 0 Å². The van der Waals surface area contributed by atoms with Crippen molar-refractivity contribution >= 4 is 11.9 Å². The van der Waals surface area contributed by atoms with Crippen molar-refractivity contribution < 1.29 is 34.8 Å². The molecule has 0 aromatic heterocycles. The fraction of sp³-hybridized carbons (Fsp3) is 0.600. The molecule has 2 bridgehead atoms. The van der Waals surface area contributed by atoms with Crippen molar-refractivity contribution in [3.05, 3.63) is 23.8 Å². The van der Waals surface area contributed by atoms with Gasteiger partial charge in [0.2, 0.25) is 0 Å². The van der Waals surface area contributed by atoms with E-state index in [9.17, 15) is 19.8 Å². The van der Waals surface area contributed by atoms with Gasteiger partial charge in [0.25, 0.3) is 0 Å². The Morgan fingerprint density at radius 1 is 1.41 bits per heavy atom. The highest BCUT2D eigenvalue weighted by molar-refractivity contribution is 5.84. The fourth-order valence-corrected chi connectivity index (χ4v) is 3.46. The summed E-state index contributed by atoms with van der Waals surface area (Å²) in [5.41, 5.74) is -4.27. The molecule has 1 saturated carbocycles. The van der Waals surface area contributed by atoms with Crippen LogP contribution in [0.5, 0.6) is 0 Å². The zero-order valence-electron chi connectivity index (χ0n) is 12.4. The van der Waals surface area contributed by atoms with Gasteiger partial charge in [-0.15, -0.1) is 0 Å². The first-order valence-corrected chi connectivity index (χ1v) is 6.95. The smallest absolute Gasteiger partial charge is 0.328 e. The van der Waals surface area contributed by atoms with Crippen molar-refractivity contribution in [3.8, 4) is 0 Å². The van der Waals surface area contributed by atoms with Crippen molar-refractivity contribution in [2.24, 2.45) is 5.41 Å². The van der Waals surface area contributed by atoms with Crippen LogP contribution in [0.3, 0.4) is 0 Å². The Bertz CT molecular complexity index is 566. The maximum atomic E-state index is 12.2. The number of carboxylic acids is 1. The van der Waals surface area contributed by atoms with Crippen molar-refractivity contribution in [1.29, 1.82) is 0 Å². The van der Waals surface area contributed by atoms with Gasteiger partial charge in [-0.05, 0) is 31.9 Å². The SMILES string of the molecule is C[C@]12C[C@@H](O)C[C@](C)(C(=O)O1)[C@@]2(O)/C=C/C(=C\C(=O)O)CO. The van der Waals surface area contributed by atoms with Crippen LogP contribution in [0.15, 0.2) is 23.8 Å². The molecule has 0 spiro atoms. The predicted molar refractivity (Wildman–Crippen MR) is 74.7 cm³/mol. The average Bonchev–Trinajstić information content (AvgIpc) is 2.47. The molecule has 22 heavy (non-hydrogen) atoms. The van der Waals surface area contributed by atoms with Gasteiger partial charge in [0, 0.05) is 12.5 Å². The van der Waals surface area contributed by atoms with Crippen molar-refractivity contribution in [3.63, 3.8) is 0 Å². The minimum atomic E-state index is -1.71. The van der Waals surface area contributed by atoms with E-state index in [1.807, 2.05) is 0 Å². The number of esters is 1. The van der Waals surface area contributed by atoms with Gasteiger partial charge in [-0.3, -0.25) is 4.79 Å². The average molecular weight is 312 g/mol. The lowest BCUT2D eigenvalue weighted by atomic mass is 9.59. The van der Waals surface area contributed by atoms with E-state index in [0.717, 1.165) is 6.08 Å². The molecule has 7 heteroatoms. The van der Waals surface area contributed by atoms with E-state index in [1.165, 1.54) is 26.0 Å². The highest BCUT2D eigenvalue weighted by Gasteiger charge is 2.72. The van der Waals surface area contributed by atoms with E-state index in [4.69, 9.17) is 14.9 Å². The minimum Gasteiger partial charge on any atom is -0.478 e. The molecule has 1 saturated heterocycles. The molecule has 1 heterocycles. The lowest BCUT2D eigenvalue weighted by Crippen LogP contribution is -2.61. The number of aliphatic hydroxyl groups is 3. The number of rotatable bonds is 4. The largest absolute Gasteiger partial charge is 0.478 e. The second-order valence-electron chi connectivity index (χ2n) is 6.33. The summed E-state index contributed by atoms with van der Waals surface area (Å²) < 4.78 is 5.31. The molecule has 2 aliphatic rings. The summed E-state index contributed by atoms with van der Waals surface area (Å²) in [5, 5.41) is 38.8. The number of hydrogen-bond acceptors (Lipinski definition) is 6. The van der Waals surface area contributed by atoms with Gasteiger partial charge in [0.1, 0.15) is 16.6 Å². The molecule has 0 aromatic carbocycles. The number of aliphatic carboxylic acids is 1. The molecule has 0 aromatic rings. The molecule has 0 amide bonds. The summed E-state index contributed by atoms with van der Waals surface area (Å²) in [6, 6.07) is 0. The van der Waals surface area contributed by atoms with E-state index in [2.05, 4.69) is 0 Å². The van der Waals surface area contributed by atoms with Crippen LogP contribution < -0.4 is 0 Å². The van der Waals surface area contributed by atoms with E-state index in [-0.39, 0.29) is 18.4 Å². The number of aliphatic hydroxyl groups excluding tert-OH is 2. The number of carboxylic acid groups (broad SMARTS) is 1. The van der Waals surface area contributed by atoms with Gasteiger partial charge in [-0.25, -0.2) is 4.79 Å². The van der Waals surface area contributed by atoms with Crippen LogP contribution in [-0.4, -0.2) is 56.3 Å². The molecule has 4 atom stereocenters. The third-order valence-electron chi connectivity index (χ3n) is 4.72. The van der Waals surface area contributed by atoms with Crippen LogP contribution in [0, 0.1) is 5.41 Å². The van der Waals surface area contributed by atoms with Gasteiger partial charge < -0.3 is 25.2 Å². The first-order valence-electron chi connectivity index (χ1n) is 6.95. The molecule has 0 unspecified atom stereocenters. The Balaban J connectivity index is 2.44. The molecule has 122 valence electrons. The van der Waals surface area contributed by atoms with Crippen molar-refractivity contribution in [2.75, 3.05) is 6.61 Å². The Morgan fingerprint density at radius 2 is 2.05 bits per heavy atom. The fourth-order valence-electron chi connectivity index (χ4n) is 3.46. The van der Waals surface area contributed by atoms with Crippen LogP contribution in [-0.2, 0) is 14.3 Å². The van der Waals surface area contributed by atoms with E-state index in [0.29, 0.717) is 0 Å². The van der Waals surface area contributed by atoms with E-state index < -0.39 is 41.3 Å². The third-order valence-corrected chi connectivity index (χ3v) is 4.72. The van der Waals surface area contributed by atoms with Gasteiger partial charge >= 0.3 is 11.9 Å². The van der Waals surface area contributed by atoms with Crippen LogP contribution in [0.1, 0.15) is 26.7 Å². The van der Waals surface area contributed by atoms with Gasteiger partial charge in [-0.2, -0.15) is 0 Å². The first-order chi connectivity index (χ1) is 10.1. The molecule has 4 N–H and O–H groups in total. The van der Waals surface area contributed by atoms with Crippen LogP contribution in [0.25, 0.3) is 0 Å². The molecule has 2 fully saturated rings. The standard InChI is InChI=1S/C15H20O7/c1-13-6-10(17)7-14(2,22-12(13)20)15(13,21)4-3-9(8-16)5-11(18)19/h3-5,10,16-17,21H,6-8H2,1-2H3,(H,18,19)/b4-3+,9-5+/t10-,13+,14+,15-/m0/s1. The summed E-state index contributed by atoms with van der Waals surface area (Å²) in [6.07, 6.45) is 2.71. The molecule has 0 radical (unpaired) electrons. The summed E-state index contributed by atoms with van der Waals surface area (Å²) in [7, 11) is 0. The Kier molecular flexibility index (Phi) is 3.93. The number of carbonyl (C=O) groups is 2. The summed E-state index contributed by atoms with van der Waals surface area (Å²) in [4.78, 5) is 22.8. The van der Waals surface area contributed by atoms with E-state index in [1.54, 1.807) is 0 Å². The van der Waals surface area contributed by atoms with Crippen LogP contribution in [0.2, 0.25) is 0 Å². The Hall–Kier alpha value is -1.70. The first kappa shape index (κ1) is 16.7. The molecular formula is C15H20O7. The number of ether oxygens (including phenoxy) is 1. The second kappa shape index (κ2) is 5.19. The van der Waals surface area contributed by atoms with Crippen LogP contribution >= 0.6 is 0 Å². The second-order valence-corrected chi connectivity index (χ2v) is 6.33. The molecule has 2 rings (SSSR count). The highest BCUT2D eigenvalue weighted by Crippen LogP contribution is 2.58. The zero-order chi connectivity index (χ0) is 16.8. The van der Waals surface area contributed by atoms with Gasteiger partial charge in [0.15, 0.2) is 0 Å². The quantitative estimate of drug-likeness (QED) is 0.320. The topological polar surface area (TPSA) is 124 Å². The summed E-state index contributed by atoms with van der Waals surface area (Å²) in [6.45, 7) is 2.51. The Labute approximate surface area is 127 Å². The molecule has 1 aliphatic heterocycles. The Morgan fingerprint density at radius 3 is 2.55 bits per heavy atom. The lowest BCUT2D eigenvalue weighted by molar-refractivity contribution is -0.156. The molecule has 1 aliphatic carbocycles. The normalized spacial score (nSPS) is 41.8. The maximum Gasteiger partial charge on any atom is 0.328 e. The van der Waals surface area contributed by atoms with Crippen molar-refractivity contribution in [2.45, 2.75) is 44.0 Å². The van der Waals surface area contributed by atoms with Gasteiger partial charge in [0.05, 0.1) is 12.7 Å². The summed E-state index contributed by atoms with van der Waals surface area (Å²) >= 11 is 0. The predicted octanol–water partition coefficient (Wildman–Crippen LogP) is -0.247. The van der Waals surface area contributed by atoms with Crippen LogP contribution in [0.4, 0.5) is 0 Å². The number of carbonyl (C=O) groups excluding carboxylic acids is 1. The van der Waals surface area contributed by atoms with Gasteiger partial charge in [-0.1, -0.05) is 6.08 Å². The third kappa shape index (κ3) is 2.25.